The van der Waals surface area contributed by atoms with Gasteiger partial charge in [-0.1, -0.05) is 32.9 Å². The van der Waals surface area contributed by atoms with Crippen molar-refractivity contribution >= 4 is 14.1 Å². The third-order valence-electron chi connectivity index (χ3n) is 4.73. The molecule has 0 aromatic heterocycles. The molecule has 0 radical (unpaired) electrons. The number of hydrogen-bond donors (Lipinski definition) is 1. The number of allylic oxidation sites excluding steroid dienone is 1. The van der Waals surface area contributed by atoms with Crippen molar-refractivity contribution in [3.05, 3.63) is 23.8 Å². The highest BCUT2D eigenvalue weighted by atomic mass is 28.4. The Kier molecular flexibility index (Phi) is 5.12. The highest BCUT2D eigenvalue weighted by molar-refractivity contribution is 6.73. The number of hydrogen-bond acceptors (Lipinski definition) is 4. The maximum Gasteiger partial charge on any atom is 0.194 e. The number of ether oxygens (including phenoxy) is 1. The van der Waals surface area contributed by atoms with Gasteiger partial charge in [0.25, 0.3) is 0 Å². The molecule has 124 valence electrons. The molecule has 0 spiro atoms. The zero-order valence-electron chi connectivity index (χ0n) is 14.3. The zero-order valence-corrected chi connectivity index (χ0v) is 15.3. The molecule has 1 heterocycles. The molecule has 5 heteroatoms. The number of fused-ring (bicyclic) bond motifs is 1. The topological polar surface area (TPSA) is 59.1 Å². The molecule has 0 unspecified atom stereocenters. The maximum atomic E-state index is 12.2. The van der Waals surface area contributed by atoms with Crippen LogP contribution < -0.4 is 0 Å². The van der Waals surface area contributed by atoms with Crippen molar-refractivity contribution in [1.29, 1.82) is 0 Å². The van der Waals surface area contributed by atoms with Crippen molar-refractivity contribution in [3.63, 3.8) is 0 Å². The third kappa shape index (κ3) is 3.77. The number of Topliss-reactive ketones (excluding diaryl/α,β-unsaturated/α-hetero) is 1. The number of ketones is 1. The Morgan fingerprint density at radius 2 is 1.91 bits per heavy atom. The number of rotatable bonds is 7. The van der Waals surface area contributed by atoms with E-state index >= 15 is 0 Å². The molecule has 1 aliphatic carbocycles. The van der Waals surface area contributed by atoms with Gasteiger partial charge in [-0.15, -0.1) is 0 Å². The lowest BCUT2D eigenvalue weighted by Gasteiger charge is -2.32. The Balaban J connectivity index is 2.20. The molecule has 1 saturated heterocycles. The van der Waals surface area contributed by atoms with Gasteiger partial charge in [0, 0.05) is 5.57 Å². The van der Waals surface area contributed by atoms with Crippen LogP contribution in [0.25, 0.3) is 0 Å². The quantitative estimate of drug-likeness (QED) is 0.578. The summed E-state index contributed by atoms with van der Waals surface area (Å²) in [6.45, 7) is 9.95. The molecule has 1 fully saturated rings. The Bertz CT molecular complexity index is 477. The minimum atomic E-state index is -1.74. The Hall–Kier alpha value is -0.753. The highest BCUT2D eigenvalue weighted by Crippen LogP contribution is 2.38. The van der Waals surface area contributed by atoms with Crippen molar-refractivity contribution in [1.82, 2.24) is 0 Å². The van der Waals surface area contributed by atoms with Crippen LogP contribution in [0.1, 0.15) is 34.6 Å². The molecule has 0 aromatic rings. The molecule has 1 N–H and O–H groups in total. The van der Waals surface area contributed by atoms with Crippen LogP contribution in [0, 0.1) is 0 Å². The summed E-state index contributed by atoms with van der Waals surface area (Å²) in [6.07, 6.45) is 4.64. The first-order chi connectivity index (χ1) is 10.2. The van der Waals surface area contributed by atoms with Gasteiger partial charge in [0.05, 0.1) is 11.7 Å². The second kappa shape index (κ2) is 6.39. The molecular formula is C17H28O4Si. The van der Waals surface area contributed by atoms with Crippen LogP contribution in [0.3, 0.4) is 0 Å². The van der Waals surface area contributed by atoms with Crippen LogP contribution in [0.15, 0.2) is 23.8 Å². The summed E-state index contributed by atoms with van der Waals surface area (Å²) in [5, 5.41) is 9.80. The van der Waals surface area contributed by atoms with Crippen LogP contribution in [0.2, 0.25) is 18.1 Å². The first kappa shape index (κ1) is 17.6. The van der Waals surface area contributed by atoms with Gasteiger partial charge in [-0.2, -0.15) is 0 Å². The second-order valence-electron chi connectivity index (χ2n) is 6.82. The summed E-state index contributed by atoms with van der Waals surface area (Å²) in [5.41, 5.74) is -0.342. The summed E-state index contributed by atoms with van der Waals surface area (Å²) in [5.74, 6) is 0.00196. The fourth-order valence-corrected chi connectivity index (χ4v) is 5.70. The average molecular weight is 324 g/mol. The normalized spacial score (nSPS) is 28.7. The van der Waals surface area contributed by atoms with E-state index in [1.54, 1.807) is 26.0 Å². The van der Waals surface area contributed by atoms with Gasteiger partial charge < -0.3 is 14.3 Å². The van der Waals surface area contributed by atoms with Crippen LogP contribution >= 0.6 is 0 Å². The van der Waals surface area contributed by atoms with E-state index in [1.807, 2.05) is 6.08 Å². The summed E-state index contributed by atoms with van der Waals surface area (Å²) < 4.78 is 12.0. The smallest absolute Gasteiger partial charge is 0.194 e. The van der Waals surface area contributed by atoms with E-state index in [0.29, 0.717) is 5.57 Å². The molecule has 4 nitrogen and oxygen atoms in total. The molecular weight excluding hydrogens is 296 g/mol. The lowest BCUT2D eigenvalue weighted by molar-refractivity contribution is -0.116. The first-order valence-electron chi connectivity index (χ1n) is 8.26. The molecule has 0 aromatic carbocycles. The van der Waals surface area contributed by atoms with Crippen molar-refractivity contribution in [2.24, 2.45) is 0 Å². The van der Waals surface area contributed by atoms with Crippen molar-refractivity contribution in [2.45, 2.75) is 76.7 Å². The van der Waals surface area contributed by atoms with Crippen molar-refractivity contribution in [2.75, 3.05) is 0 Å². The number of epoxide rings is 1. The molecule has 22 heavy (non-hydrogen) atoms. The minimum Gasteiger partial charge on any atom is -0.408 e. The van der Waals surface area contributed by atoms with E-state index in [0.717, 1.165) is 18.1 Å². The van der Waals surface area contributed by atoms with Gasteiger partial charge >= 0.3 is 0 Å². The van der Waals surface area contributed by atoms with Gasteiger partial charge in [0.2, 0.25) is 0 Å². The monoisotopic (exact) mass is 324 g/mol. The summed E-state index contributed by atoms with van der Waals surface area (Å²) in [6, 6.07) is 3.22. The van der Waals surface area contributed by atoms with E-state index in [9.17, 15) is 9.90 Å². The van der Waals surface area contributed by atoms with Crippen LogP contribution in [-0.4, -0.2) is 43.1 Å². The van der Waals surface area contributed by atoms with Crippen molar-refractivity contribution in [3.8, 4) is 0 Å². The Labute approximate surface area is 134 Å². The number of carbonyl (C=O) groups excluding carboxylic acids is 1. The standard InChI is InChI=1S/C17H28O4Si/c1-6-22(7-2,8-3)21-13-11-12(9-10-17(4,5)19)14(18)16-15(13)20-16/h9-11,13,15-16,19H,6-8H2,1-5H3/b10-9+/t13-,15+,16-/m1/s1. The third-order valence-corrected chi connectivity index (χ3v) is 9.36. The largest absolute Gasteiger partial charge is 0.408 e. The fourth-order valence-electron chi connectivity index (χ4n) is 2.92. The number of carbonyl (C=O) groups is 1. The van der Waals surface area contributed by atoms with Gasteiger partial charge in [0.1, 0.15) is 12.2 Å². The predicted octanol–water partition coefficient (Wildman–Crippen LogP) is 2.98. The van der Waals surface area contributed by atoms with Gasteiger partial charge in [0.15, 0.2) is 14.1 Å². The van der Waals surface area contributed by atoms with E-state index in [2.05, 4.69) is 20.8 Å². The Morgan fingerprint density at radius 1 is 1.32 bits per heavy atom. The van der Waals surface area contributed by atoms with Crippen molar-refractivity contribution < 1.29 is 19.1 Å². The van der Waals surface area contributed by atoms with Crippen LogP contribution in [-0.2, 0) is 14.0 Å². The Morgan fingerprint density at radius 3 is 2.41 bits per heavy atom. The lowest BCUT2D eigenvalue weighted by Crippen LogP contribution is -2.43. The molecule has 0 amide bonds. The van der Waals surface area contributed by atoms with Gasteiger partial charge in [-0.3, -0.25) is 4.79 Å². The number of aliphatic hydroxyl groups is 1. The van der Waals surface area contributed by atoms with Crippen LogP contribution in [0.5, 0.6) is 0 Å². The molecule has 3 atom stereocenters. The zero-order chi connectivity index (χ0) is 16.5. The molecule has 0 saturated carbocycles. The average Bonchev–Trinajstić information content (AvgIpc) is 3.26. The first-order valence-corrected chi connectivity index (χ1v) is 10.8. The minimum absolute atomic E-state index is 0.00196. The maximum absolute atomic E-state index is 12.2. The van der Waals surface area contributed by atoms with E-state index < -0.39 is 13.9 Å². The second-order valence-corrected chi connectivity index (χ2v) is 11.5. The van der Waals surface area contributed by atoms with Crippen LogP contribution in [0.4, 0.5) is 0 Å². The van der Waals surface area contributed by atoms with Gasteiger partial charge in [-0.25, -0.2) is 0 Å². The summed E-state index contributed by atoms with van der Waals surface area (Å²) in [4.78, 5) is 12.2. The SMILES string of the molecule is CC[Si](CC)(CC)O[C@@H]1C=C(/C=C/C(C)(C)O)C(=O)[C@H]2O[C@H]21. The summed E-state index contributed by atoms with van der Waals surface area (Å²) >= 11 is 0. The fraction of sp³-hybridized carbons (Fsp3) is 0.706. The lowest BCUT2D eigenvalue weighted by atomic mass is 9.94. The molecule has 0 bridgehead atoms. The predicted molar refractivity (Wildman–Crippen MR) is 89.3 cm³/mol. The highest BCUT2D eigenvalue weighted by Gasteiger charge is 2.54. The van der Waals surface area contributed by atoms with E-state index in [4.69, 9.17) is 9.16 Å². The van der Waals surface area contributed by atoms with E-state index in [1.165, 1.54) is 0 Å². The molecule has 1 aliphatic heterocycles. The van der Waals surface area contributed by atoms with E-state index in [-0.39, 0.29) is 24.1 Å². The molecule has 2 rings (SSSR count). The molecule has 2 aliphatic rings. The van der Waals surface area contributed by atoms with Gasteiger partial charge in [-0.05, 0) is 38.1 Å². The summed E-state index contributed by atoms with van der Waals surface area (Å²) in [7, 11) is -1.74.